The maximum Gasteiger partial charge on any atom is 0.407 e. The van der Waals surface area contributed by atoms with E-state index >= 15 is 4.39 Å². The summed E-state index contributed by atoms with van der Waals surface area (Å²) in [7, 11) is -4.41. The summed E-state index contributed by atoms with van der Waals surface area (Å²) < 4.78 is 72.7. The van der Waals surface area contributed by atoms with Crippen molar-refractivity contribution in [2.75, 3.05) is 44.3 Å². The smallest absolute Gasteiger partial charge is 0.407 e. The Balaban J connectivity index is 1.32. The molecule has 3 N–H and O–H groups in total. The highest BCUT2D eigenvalue weighted by atomic mass is 32.2. The average Bonchev–Trinajstić information content (AvgIpc) is 3.59. The zero-order valence-electron chi connectivity index (χ0n) is 28.2. The van der Waals surface area contributed by atoms with E-state index in [4.69, 9.17) is 23.8 Å². The maximum atomic E-state index is 17.2. The molecule has 3 atom stereocenters. The van der Waals surface area contributed by atoms with Crippen LogP contribution in [0.15, 0.2) is 36.5 Å². The first-order chi connectivity index (χ1) is 24.4. The summed E-state index contributed by atoms with van der Waals surface area (Å²) in [6.07, 6.45) is 4.36. The van der Waals surface area contributed by atoms with E-state index in [0.29, 0.717) is 73.7 Å². The number of nitrogens with two attached hydrogens (primary N) is 1. The molecule has 0 unspecified atom stereocenters. The highest BCUT2D eigenvalue weighted by Gasteiger charge is 2.49. The van der Waals surface area contributed by atoms with Crippen LogP contribution in [0.5, 0.6) is 11.8 Å². The number of hydrogen-bond donors (Lipinski definition) is 2. The van der Waals surface area contributed by atoms with E-state index < -0.39 is 39.5 Å². The van der Waals surface area contributed by atoms with Gasteiger partial charge in [-0.2, -0.15) is 23.5 Å². The van der Waals surface area contributed by atoms with Gasteiger partial charge in [-0.3, -0.25) is 9.88 Å². The molecule has 0 spiro atoms. The van der Waals surface area contributed by atoms with Crippen molar-refractivity contribution >= 4 is 43.9 Å². The molecule has 270 valence electrons. The summed E-state index contributed by atoms with van der Waals surface area (Å²) in [4.78, 5) is 31.1. The number of alkyl carbamates (subject to hydrolysis) is 1. The largest absolute Gasteiger partial charge is 0.461 e. The fourth-order valence-corrected chi connectivity index (χ4v) is 8.81. The summed E-state index contributed by atoms with van der Waals surface area (Å²) in [5.74, 6) is -0.505. The zero-order valence-corrected chi connectivity index (χ0v) is 29.0. The quantitative estimate of drug-likeness (QED) is 0.297. The van der Waals surface area contributed by atoms with Crippen LogP contribution in [0.4, 0.5) is 19.4 Å². The molecular weight excluding hydrogens is 684 g/mol. The summed E-state index contributed by atoms with van der Waals surface area (Å²) in [5.41, 5.74) is -0.255. The molecule has 2 aromatic heterocycles. The average molecular weight is 724 g/mol. The highest BCUT2D eigenvalue weighted by molar-refractivity contribution is 7.84. The number of pyridine rings is 1. The van der Waals surface area contributed by atoms with Gasteiger partial charge in [-0.1, -0.05) is 18.2 Å². The van der Waals surface area contributed by atoms with E-state index in [9.17, 15) is 17.6 Å². The molecule has 3 fully saturated rings. The number of hydrogen-bond acceptors (Lipinski definition) is 11. The normalized spacial score (nSPS) is 25.5. The van der Waals surface area contributed by atoms with Gasteiger partial charge in [0.15, 0.2) is 5.82 Å². The number of halogens is 2. The third kappa shape index (κ3) is 6.48. The van der Waals surface area contributed by atoms with E-state index in [1.807, 2.05) is 17.9 Å². The number of nitrogens with one attached hydrogen (secondary N) is 1. The number of aryl methyl sites for hydroxylation is 1. The molecule has 3 saturated heterocycles. The monoisotopic (exact) mass is 723 g/mol. The van der Waals surface area contributed by atoms with Crippen LogP contribution in [0.3, 0.4) is 0 Å². The Kier molecular flexibility index (Phi) is 8.38. The predicted octanol–water partition coefficient (Wildman–Crippen LogP) is 4.55. The Labute approximate surface area is 293 Å². The Morgan fingerprint density at radius 1 is 1.16 bits per heavy atom. The van der Waals surface area contributed by atoms with Gasteiger partial charge in [0.1, 0.15) is 35.6 Å². The Bertz CT molecular complexity index is 2160. The van der Waals surface area contributed by atoms with Crippen LogP contribution in [-0.2, 0) is 21.5 Å². The molecular formula is C35H39F2N7O6S. The van der Waals surface area contributed by atoms with Gasteiger partial charge in [-0.05, 0) is 80.5 Å². The lowest BCUT2D eigenvalue weighted by Gasteiger charge is -2.41. The van der Waals surface area contributed by atoms with Crippen LogP contribution in [-0.4, -0.2) is 91.0 Å². The number of aromatic nitrogens is 3. The summed E-state index contributed by atoms with van der Waals surface area (Å²) >= 11 is 0. The third-order valence-electron chi connectivity index (χ3n) is 10.6. The molecule has 4 aromatic rings. The number of benzene rings is 2. The molecule has 13 nitrogen and oxygen atoms in total. The highest BCUT2D eigenvalue weighted by Crippen LogP contribution is 2.42. The lowest BCUT2D eigenvalue weighted by atomic mass is 9.91. The van der Waals surface area contributed by atoms with Crippen molar-refractivity contribution in [3.63, 3.8) is 0 Å². The van der Waals surface area contributed by atoms with Gasteiger partial charge in [-0.15, -0.1) is 0 Å². The van der Waals surface area contributed by atoms with Crippen LogP contribution >= 0.6 is 0 Å². The first kappa shape index (κ1) is 33.7. The molecule has 6 bridgehead atoms. The summed E-state index contributed by atoms with van der Waals surface area (Å²) in [5, 5.41) is 9.76. The molecule has 5 aliphatic heterocycles. The van der Waals surface area contributed by atoms with Gasteiger partial charge >= 0.3 is 22.4 Å². The standard InChI is InChI=1S/C35H39F2N7O6S/c1-34-9-4-11-43(19-34)31-26-17-39-29(28(37)30(26)40-32(41-31)49-20-35-10-5-12-44(35)18-23(36)16-35)25-15-24(50-51(38,46)47)14-22-7-2-6-21(27(22)25)8-3-13-48-33(45)42-34/h2,6-7,14-15,17,23H,3-5,8-13,16,18-20H2,1H3,(H,42,45)(H2,38,46,47)/t23-,34-,35+/m1/s1. The van der Waals surface area contributed by atoms with Gasteiger partial charge in [-0.25, -0.2) is 13.6 Å². The minimum Gasteiger partial charge on any atom is -0.461 e. The van der Waals surface area contributed by atoms with Crippen LogP contribution < -0.4 is 24.3 Å². The van der Waals surface area contributed by atoms with Crippen molar-refractivity contribution in [3.05, 3.63) is 47.9 Å². The molecule has 5 aliphatic rings. The first-order valence-electron chi connectivity index (χ1n) is 17.3. The molecule has 16 heteroatoms. The van der Waals surface area contributed by atoms with E-state index in [-0.39, 0.29) is 41.7 Å². The van der Waals surface area contributed by atoms with E-state index in [1.54, 1.807) is 12.1 Å². The van der Waals surface area contributed by atoms with Crippen molar-refractivity contribution in [1.29, 1.82) is 0 Å². The maximum absolute atomic E-state index is 17.2. The fourth-order valence-electron chi connectivity index (χ4n) is 8.45. The molecule has 9 rings (SSSR count). The molecule has 2 aromatic carbocycles. The molecule has 0 saturated carbocycles. The van der Waals surface area contributed by atoms with Gasteiger partial charge in [0.25, 0.3) is 0 Å². The fraction of sp³-hybridized carbons (Fsp3) is 0.486. The number of carbonyl (C=O) groups excluding carboxylic acids is 1. The number of anilines is 1. The minimum absolute atomic E-state index is 0.0528. The van der Waals surface area contributed by atoms with E-state index in [2.05, 4.69) is 20.2 Å². The lowest BCUT2D eigenvalue weighted by Crippen LogP contribution is -2.57. The van der Waals surface area contributed by atoms with Crippen LogP contribution in [0.2, 0.25) is 0 Å². The molecule has 1 amide bonds. The second-order valence-electron chi connectivity index (χ2n) is 14.4. The van der Waals surface area contributed by atoms with Gasteiger partial charge < -0.3 is 23.9 Å². The van der Waals surface area contributed by atoms with E-state index in [1.165, 1.54) is 18.3 Å². The molecule has 0 radical (unpaired) electrons. The number of fused-ring (bicyclic) bond motifs is 7. The van der Waals surface area contributed by atoms with Crippen LogP contribution in [0.25, 0.3) is 32.9 Å². The SMILES string of the molecule is C[C@@]12CCCN(C1)c1nc(OC[C@@]34CCCN3C[C@H](F)C4)nc3c(F)c(ncc13)-c1cc(OS(N)(=O)=O)cc3cccc(c13)CCCOC(=O)N2. The van der Waals surface area contributed by atoms with Crippen molar-refractivity contribution in [3.8, 4) is 23.0 Å². The number of carbonyl (C=O) groups is 1. The number of rotatable bonds is 5. The Morgan fingerprint density at radius 3 is 2.84 bits per heavy atom. The Morgan fingerprint density at radius 2 is 2.00 bits per heavy atom. The van der Waals surface area contributed by atoms with Crippen molar-refractivity contribution < 1.29 is 35.6 Å². The predicted molar refractivity (Wildman–Crippen MR) is 185 cm³/mol. The Hall–Kier alpha value is -4.41. The topological polar surface area (TPSA) is 162 Å². The van der Waals surface area contributed by atoms with Crippen molar-refractivity contribution in [1.82, 2.24) is 25.2 Å². The summed E-state index contributed by atoms with van der Waals surface area (Å²) in [6.45, 7) is 4.25. The summed E-state index contributed by atoms with van der Waals surface area (Å²) in [6, 6.07) is 8.26. The first-order valence-corrected chi connectivity index (χ1v) is 18.7. The second-order valence-corrected chi connectivity index (χ2v) is 15.5. The van der Waals surface area contributed by atoms with Crippen molar-refractivity contribution in [2.24, 2.45) is 5.14 Å². The van der Waals surface area contributed by atoms with E-state index in [0.717, 1.165) is 24.9 Å². The van der Waals surface area contributed by atoms with Crippen LogP contribution in [0, 0.1) is 5.82 Å². The number of ether oxygens (including phenoxy) is 2. The van der Waals surface area contributed by atoms with Gasteiger partial charge in [0, 0.05) is 37.8 Å². The van der Waals surface area contributed by atoms with Crippen LogP contribution in [0.1, 0.15) is 51.0 Å². The second kappa shape index (κ2) is 12.7. The molecule has 51 heavy (non-hydrogen) atoms. The number of amides is 1. The van der Waals surface area contributed by atoms with Gasteiger partial charge in [0.05, 0.1) is 23.1 Å². The number of piperidine rings is 1. The van der Waals surface area contributed by atoms with Crippen molar-refractivity contribution in [2.45, 2.75) is 69.1 Å². The minimum atomic E-state index is -4.41. The molecule has 0 aliphatic carbocycles. The number of nitrogens with zero attached hydrogens (tertiary/aromatic N) is 5. The third-order valence-corrected chi connectivity index (χ3v) is 11.0. The number of alkyl halides is 1. The lowest BCUT2D eigenvalue weighted by molar-refractivity contribution is 0.107. The molecule has 7 heterocycles. The zero-order chi connectivity index (χ0) is 35.5. The van der Waals surface area contributed by atoms with Gasteiger partial charge in [0.2, 0.25) is 0 Å².